The van der Waals surface area contributed by atoms with Gasteiger partial charge >= 0.3 is 0 Å². The molecule has 5 nitrogen and oxygen atoms in total. The molecule has 0 aliphatic carbocycles. The molecular weight excluding hydrogens is 450 g/mol. The summed E-state index contributed by atoms with van der Waals surface area (Å²) in [6, 6.07) is 15.9. The second-order valence-corrected chi connectivity index (χ2v) is 8.13. The third-order valence-electron chi connectivity index (χ3n) is 5.68. The second-order valence-electron chi connectivity index (χ2n) is 7.72. The molecule has 1 saturated heterocycles. The fourth-order valence-electron chi connectivity index (χ4n) is 4.06. The van der Waals surface area contributed by atoms with Gasteiger partial charge in [-0.1, -0.05) is 23.7 Å². The predicted octanol–water partition coefficient (Wildman–Crippen LogP) is 5.75. The molecule has 2 amide bonds. The highest BCUT2D eigenvalue weighted by Gasteiger charge is 2.41. The van der Waals surface area contributed by atoms with Crippen molar-refractivity contribution in [3.8, 4) is 5.75 Å². The first-order valence-electron chi connectivity index (χ1n) is 10.3. The number of nitrogens with one attached hydrogen (secondary N) is 1. The first-order chi connectivity index (χ1) is 15.9. The van der Waals surface area contributed by atoms with Gasteiger partial charge in [-0.2, -0.15) is 0 Å². The zero-order valence-corrected chi connectivity index (χ0v) is 18.5. The van der Waals surface area contributed by atoms with E-state index in [1.165, 1.54) is 30.3 Å². The van der Waals surface area contributed by atoms with Crippen LogP contribution >= 0.6 is 11.6 Å². The van der Waals surface area contributed by atoms with Crippen LogP contribution in [0.4, 0.5) is 20.2 Å². The number of halogens is 3. The van der Waals surface area contributed by atoms with Crippen molar-refractivity contribution in [2.75, 3.05) is 17.3 Å². The van der Waals surface area contributed by atoms with E-state index in [4.69, 9.17) is 16.3 Å². The minimum absolute atomic E-state index is 0.110. The zero-order valence-electron chi connectivity index (χ0n) is 17.7. The van der Waals surface area contributed by atoms with Crippen molar-refractivity contribution < 1.29 is 23.1 Å². The quantitative estimate of drug-likeness (QED) is 0.516. The Labute approximate surface area is 194 Å². The van der Waals surface area contributed by atoms with E-state index in [0.717, 1.165) is 0 Å². The molecule has 2 atom stereocenters. The normalized spacial score (nSPS) is 18.2. The Bertz CT molecular complexity index is 1170. The molecule has 0 spiro atoms. The number of anilines is 2. The van der Waals surface area contributed by atoms with Crippen LogP contribution in [0.25, 0.3) is 0 Å². The standard InChI is InChI=1S/C25H21ClF2N2O3/c1-33-19-9-7-18(8-10-19)30-23(31)13-11-20(24(30)15-2-4-16(27)5-3-15)25(32)29-17-6-12-22(28)21(26)14-17/h2-10,12,14,20,24H,11,13H2,1H3,(H,29,32)/t20-,24-/m1/s1. The molecular formula is C25H21ClF2N2O3. The highest BCUT2D eigenvalue weighted by molar-refractivity contribution is 6.31. The predicted molar refractivity (Wildman–Crippen MR) is 122 cm³/mol. The Morgan fingerprint density at radius 2 is 1.76 bits per heavy atom. The summed E-state index contributed by atoms with van der Waals surface area (Å²) in [5.41, 5.74) is 1.56. The summed E-state index contributed by atoms with van der Waals surface area (Å²) in [7, 11) is 1.55. The lowest BCUT2D eigenvalue weighted by Gasteiger charge is -2.41. The van der Waals surface area contributed by atoms with Crippen LogP contribution in [-0.4, -0.2) is 18.9 Å². The summed E-state index contributed by atoms with van der Waals surface area (Å²) in [5, 5.41) is 2.66. The van der Waals surface area contributed by atoms with Crippen LogP contribution in [0.5, 0.6) is 5.75 Å². The van der Waals surface area contributed by atoms with E-state index in [0.29, 0.717) is 29.1 Å². The average Bonchev–Trinajstić information content (AvgIpc) is 2.82. The highest BCUT2D eigenvalue weighted by Crippen LogP contribution is 2.41. The van der Waals surface area contributed by atoms with Crippen LogP contribution in [-0.2, 0) is 9.59 Å². The molecule has 1 aliphatic heterocycles. The van der Waals surface area contributed by atoms with Crippen molar-refractivity contribution in [1.82, 2.24) is 0 Å². The van der Waals surface area contributed by atoms with Crippen LogP contribution in [0.3, 0.4) is 0 Å². The fraction of sp³-hybridized carbons (Fsp3) is 0.200. The molecule has 8 heteroatoms. The number of rotatable bonds is 5. The maximum absolute atomic E-state index is 13.6. The van der Waals surface area contributed by atoms with Crippen LogP contribution in [0.1, 0.15) is 24.4 Å². The number of benzene rings is 3. The molecule has 170 valence electrons. The smallest absolute Gasteiger partial charge is 0.229 e. The monoisotopic (exact) mass is 470 g/mol. The molecule has 1 N–H and O–H groups in total. The van der Waals surface area contributed by atoms with Gasteiger partial charge in [0, 0.05) is 17.8 Å². The van der Waals surface area contributed by atoms with Gasteiger partial charge in [0.15, 0.2) is 0 Å². The lowest BCUT2D eigenvalue weighted by molar-refractivity contribution is -0.125. The van der Waals surface area contributed by atoms with Gasteiger partial charge in [0.1, 0.15) is 17.4 Å². The summed E-state index contributed by atoms with van der Waals surface area (Å²) in [5.74, 6) is -1.52. The highest BCUT2D eigenvalue weighted by atomic mass is 35.5. The van der Waals surface area contributed by atoms with Crippen molar-refractivity contribution in [2.45, 2.75) is 18.9 Å². The van der Waals surface area contributed by atoms with Gasteiger partial charge in [-0.15, -0.1) is 0 Å². The SMILES string of the molecule is COc1ccc(N2C(=O)CC[C@@H](C(=O)Nc3ccc(F)c(Cl)c3)[C@H]2c2ccc(F)cc2)cc1. The Kier molecular flexibility index (Phi) is 6.60. The van der Waals surface area contributed by atoms with Gasteiger partial charge in [-0.05, 0) is 66.6 Å². The van der Waals surface area contributed by atoms with E-state index < -0.39 is 23.6 Å². The van der Waals surface area contributed by atoms with Crippen LogP contribution in [0.2, 0.25) is 5.02 Å². The number of amides is 2. The minimum atomic E-state index is -0.670. The minimum Gasteiger partial charge on any atom is -0.497 e. The van der Waals surface area contributed by atoms with E-state index in [9.17, 15) is 18.4 Å². The van der Waals surface area contributed by atoms with Crippen molar-refractivity contribution in [3.05, 3.63) is 89.0 Å². The Morgan fingerprint density at radius 1 is 1.06 bits per heavy atom. The molecule has 1 aliphatic rings. The van der Waals surface area contributed by atoms with Crippen LogP contribution in [0.15, 0.2) is 66.7 Å². The largest absolute Gasteiger partial charge is 0.497 e. The second kappa shape index (κ2) is 9.58. The number of nitrogens with zero attached hydrogens (tertiary/aromatic N) is 1. The van der Waals surface area contributed by atoms with Crippen LogP contribution < -0.4 is 15.0 Å². The Balaban J connectivity index is 1.72. The lowest BCUT2D eigenvalue weighted by atomic mass is 9.83. The molecule has 1 heterocycles. The van der Waals surface area contributed by atoms with Crippen molar-refractivity contribution >= 4 is 34.8 Å². The molecule has 0 unspecified atom stereocenters. The molecule has 33 heavy (non-hydrogen) atoms. The van der Waals surface area contributed by atoms with Crippen LogP contribution in [0, 0.1) is 17.6 Å². The maximum atomic E-state index is 13.6. The molecule has 0 aromatic heterocycles. The van der Waals surface area contributed by atoms with Crippen molar-refractivity contribution in [2.24, 2.45) is 5.92 Å². The summed E-state index contributed by atoms with van der Waals surface area (Å²) in [6.45, 7) is 0. The number of hydrogen-bond acceptors (Lipinski definition) is 3. The third kappa shape index (κ3) is 4.83. The first-order valence-corrected chi connectivity index (χ1v) is 10.7. The third-order valence-corrected chi connectivity index (χ3v) is 5.97. The Hall–Kier alpha value is -3.45. The van der Waals surface area contributed by atoms with E-state index >= 15 is 0 Å². The fourth-order valence-corrected chi connectivity index (χ4v) is 4.24. The maximum Gasteiger partial charge on any atom is 0.229 e. The zero-order chi connectivity index (χ0) is 23.5. The molecule has 3 aromatic rings. The van der Waals surface area contributed by atoms with Gasteiger partial charge < -0.3 is 15.0 Å². The van der Waals surface area contributed by atoms with Gasteiger partial charge in [-0.3, -0.25) is 9.59 Å². The van der Waals surface area contributed by atoms with Gasteiger partial charge in [0.25, 0.3) is 0 Å². The molecule has 1 fully saturated rings. The van der Waals surface area contributed by atoms with E-state index in [-0.39, 0.29) is 23.3 Å². The molecule has 4 rings (SSSR count). The number of carbonyl (C=O) groups is 2. The lowest BCUT2D eigenvalue weighted by Crippen LogP contribution is -2.47. The van der Waals surface area contributed by atoms with Crippen molar-refractivity contribution in [1.29, 1.82) is 0 Å². The summed E-state index contributed by atoms with van der Waals surface area (Å²) >= 11 is 5.84. The summed E-state index contributed by atoms with van der Waals surface area (Å²) < 4.78 is 32.4. The topological polar surface area (TPSA) is 58.6 Å². The van der Waals surface area contributed by atoms with Gasteiger partial charge in [0.05, 0.1) is 24.1 Å². The number of methoxy groups -OCH3 is 1. The Morgan fingerprint density at radius 3 is 2.39 bits per heavy atom. The average molecular weight is 471 g/mol. The first kappa shape index (κ1) is 22.7. The summed E-state index contributed by atoms with van der Waals surface area (Å²) in [4.78, 5) is 27.9. The number of hydrogen-bond donors (Lipinski definition) is 1. The van der Waals surface area contributed by atoms with E-state index in [2.05, 4.69) is 5.32 Å². The molecule has 0 saturated carbocycles. The van der Waals surface area contributed by atoms with E-state index in [1.807, 2.05) is 0 Å². The van der Waals surface area contributed by atoms with Crippen molar-refractivity contribution in [3.63, 3.8) is 0 Å². The van der Waals surface area contributed by atoms with Gasteiger partial charge in [0.2, 0.25) is 11.8 Å². The number of carbonyl (C=O) groups excluding carboxylic acids is 2. The number of piperidine rings is 1. The molecule has 0 radical (unpaired) electrons. The molecule has 3 aromatic carbocycles. The summed E-state index contributed by atoms with van der Waals surface area (Å²) in [6.07, 6.45) is 0.459. The molecule has 0 bridgehead atoms. The van der Waals surface area contributed by atoms with E-state index in [1.54, 1.807) is 48.4 Å². The number of ether oxygens (including phenoxy) is 1. The van der Waals surface area contributed by atoms with Gasteiger partial charge in [-0.25, -0.2) is 8.78 Å².